The van der Waals surface area contributed by atoms with E-state index in [9.17, 15) is 9.59 Å². The predicted molar refractivity (Wildman–Crippen MR) is 59.0 cm³/mol. The summed E-state index contributed by atoms with van der Waals surface area (Å²) in [5.41, 5.74) is 0.705. The lowest BCUT2D eigenvalue weighted by Crippen LogP contribution is -2.05. The van der Waals surface area contributed by atoms with Gasteiger partial charge in [0.1, 0.15) is 0 Å². The topological polar surface area (TPSA) is 55.4 Å². The fourth-order valence-corrected chi connectivity index (χ4v) is 1.50. The van der Waals surface area contributed by atoms with Crippen molar-refractivity contribution in [2.24, 2.45) is 0 Å². The summed E-state index contributed by atoms with van der Waals surface area (Å²) >= 11 is 0.997. The molecule has 80 valence electrons. The maximum Gasteiger partial charge on any atom is 0.371 e. The number of rotatable bonds is 2. The minimum atomic E-state index is -0.359. The van der Waals surface area contributed by atoms with Crippen LogP contribution in [0.2, 0.25) is 0 Å². The summed E-state index contributed by atoms with van der Waals surface area (Å²) in [5, 5.41) is 2.28. The van der Waals surface area contributed by atoms with Gasteiger partial charge in [-0.25, -0.2) is 4.79 Å². The Bertz CT molecular complexity index is 361. The molecule has 0 fully saturated rings. The summed E-state index contributed by atoms with van der Waals surface area (Å²) in [7, 11) is 1.33. The van der Waals surface area contributed by atoms with Gasteiger partial charge in [0.25, 0.3) is 0 Å². The minimum absolute atomic E-state index is 0.122. The molecule has 1 rings (SSSR count). The molecular weight excluding hydrogens is 214 g/mol. The van der Waals surface area contributed by atoms with Gasteiger partial charge < -0.3 is 10.1 Å². The van der Waals surface area contributed by atoms with Crippen LogP contribution in [0.25, 0.3) is 0 Å². The van der Waals surface area contributed by atoms with Crippen LogP contribution in [0.1, 0.15) is 6.92 Å². The highest BCUT2D eigenvalue weighted by Crippen LogP contribution is 2.21. The van der Waals surface area contributed by atoms with Crippen LogP contribution in [0.4, 0.5) is 10.5 Å². The Morgan fingerprint density at radius 3 is 2.33 bits per heavy atom. The molecule has 0 aliphatic carbocycles. The van der Waals surface area contributed by atoms with Gasteiger partial charge in [-0.05, 0) is 36.0 Å². The summed E-state index contributed by atoms with van der Waals surface area (Å²) < 4.78 is 4.50. The van der Waals surface area contributed by atoms with Crippen molar-refractivity contribution in [3.8, 4) is 0 Å². The number of carbonyl (C=O) groups excluding carboxylic acids is 2. The van der Waals surface area contributed by atoms with Crippen LogP contribution in [-0.4, -0.2) is 18.3 Å². The fraction of sp³-hybridized carbons (Fsp3) is 0.200. The van der Waals surface area contributed by atoms with Gasteiger partial charge in [-0.2, -0.15) is 0 Å². The van der Waals surface area contributed by atoms with Crippen LogP contribution in [0.15, 0.2) is 29.2 Å². The summed E-state index contributed by atoms with van der Waals surface area (Å²) in [6, 6.07) is 6.94. The highest BCUT2D eigenvalue weighted by Gasteiger charge is 2.03. The van der Waals surface area contributed by atoms with Crippen molar-refractivity contribution in [1.29, 1.82) is 0 Å². The van der Waals surface area contributed by atoms with Crippen LogP contribution < -0.4 is 5.32 Å². The van der Waals surface area contributed by atoms with Crippen molar-refractivity contribution >= 4 is 28.7 Å². The van der Waals surface area contributed by atoms with Gasteiger partial charge in [0, 0.05) is 17.5 Å². The van der Waals surface area contributed by atoms with Gasteiger partial charge in [0.15, 0.2) is 0 Å². The standard InChI is InChI=1S/C10H11NO3S/c1-7(12)11-8-3-5-9(6-4-8)15-10(13)14-2/h3-6H,1-2H3,(H,11,12). The van der Waals surface area contributed by atoms with Gasteiger partial charge in [-0.3, -0.25) is 4.79 Å². The Morgan fingerprint density at radius 1 is 1.27 bits per heavy atom. The number of methoxy groups -OCH3 is 1. The molecule has 0 heterocycles. The first-order chi connectivity index (χ1) is 7.11. The van der Waals surface area contributed by atoms with Gasteiger partial charge in [0.05, 0.1) is 7.11 Å². The van der Waals surface area contributed by atoms with Crippen LogP contribution in [0, 0.1) is 0 Å². The van der Waals surface area contributed by atoms with Crippen LogP contribution in [-0.2, 0) is 9.53 Å². The van der Waals surface area contributed by atoms with Crippen molar-refractivity contribution in [2.75, 3.05) is 12.4 Å². The molecule has 0 aliphatic rings. The molecule has 4 nitrogen and oxygen atoms in total. The Morgan fingerprint density at radius 2 is 1.87 bits per heavy atom. The van der Waals surface area contributed by atoms with E-state index in [1.165, 1.54) is 14.0 Å². The van der Waals surface area contributed by atoms with E-state index in [4.69, 9.17) is 0 Å². The Kier molecular flexibility index (Phi) is 4.17. The summed E-state index contributed by atoms with van der Waals surface area (Å²) in [4.78, 5) is 22.4. The zero-order chi connectivity index (χ0) is 11.3. The highest BCUT2D eigenvalue weighted by molar-refractivity contribution is 8.13. The molecule has 0 aliphatic heterocycles. The van der Waals surface area contributed by atoms with Crippen molar-refractivity contribution in [2.45, 2.75) is 11.8 Å². The quantitative estimate of drug-likeness (QED) is 0.620. The fourth-order valence-electron chi connectivity index (χ4n) is 0.947. The highest BCUT2D eigenvalue weighted by atomic mass is 32.2. The maximum atomic E-state index is 10.9. The molecule has 0 atom stereocenters. The van der Waals surface area contributed by atoms with E-state index in [0.717, 1.165) is 16.7 Å². The molecule has 5 heteroatoms. The third-order valence-electron chi connectivity index (χ3n) is 1.54. The lowest BCUT2D eigenvalue weighted by Gasteiger charge is -2.03. The second kappa shape index (κ2) is 5.41. The normalized spacial score (nSPS) is 9.47. The summed E-state index contributed by atoms with van der Waals surface area (Å²) in [6.07, 6.45) is 0. The van der Waals surface area contributed by atoms with Gasteiger partial charge >= 0.3 is 5.30 Å². The lowest BCUT2D eigenvalue weighted by atomic mass is 10.3. The molecule has 0 unspecified atom stereocenters. The van der Waals surface area contributed by atoms with E-state index in [-0.39, 0.29) is 11.2 Å². The number of carbonyl (C=O) groups is 2. The number of ether oxygens (including phenoxy) is 1. The zero-order valence-electron chi connectivity index (χ0n) is 8.44. The zero-order valence-corrected chi connectivity index (χ0v) is 9.26. The molecule has 1 amide bonds. The van der Waals surface area contributed by atoms with Crippen molar-refractivity contribution in [3.05, 3.63) is 24.3 Å². The average molecular weight is 225 g/mol. The number of amides is 1. The molecular formula is C10H11NO3S. The molecule has 1 aromatic carbocycles. The van der Waals surface area contributed by atoms with E-state index in [0.29, 0.717) is 5.69 Å². The number of nitrogens with one attached hydrogen (secondary N) is 1. The van der Waals surface area contributed by atoms with Gasteiger partial charge in [0.2, 0.25) is 5.91 Å². The monoisotopic (exact) mass is 225 g/mol. The molecule has 1 aromatic rings. The van der Waals surface area contributed by atoms with E-state index in [1.807, 2.05) is 0 Å². The Balaban J connectivity index is 2.64. The van der Waals surface area contributed by atoms with Crippen LogP contribution in [0.5, 0.6) is 0 Å². The Hall–Kier alpha value is -1.49. The van der Waals surface area contributed by atoms with E-state index in [2.05, 4.69) is 10.1 Å². The Labute approximate surface area is 92.0 Å². The van der Waals surface area contributed by atoms with Crippen molar-refractivity contribution < 1.29 is 14.3 Å². The van der Waals surface area contributed by atoms with Crippen LogP contribution >= 0.6 is 11.8 Å². The second-order valence-corrected chi connectivity index (χ2v) is 3.77. The van der Waals surface area contributed by atoms with E-state index >= 15 is 0 Å². The number of hydrogen-bond donors (Lipinski definition) is 1. The second-order valence-electron chi connectivity index (χ2n) is 2.76. The largest absolute Gasteiger partial charge is 0.461 e. The lowest BCUT2D eigenvalue weighted by molar-refractivity contribution is -0.114. The molecule has 0 saturated heterocycles. The van der Waals surface area contributed by atoms with E-state index < -0.39 is 0 Å². The first-order valence-corrected chi connectivity index (χ1v) is 5.07. The molecule has 0 bridgehead atoms. The molecule has 0 radical (unpaired) electrons. The van der Waals surface area contributed by atoms with Crippen molar-refractivity contribution in [3.63, 3.8) is 0 Å². The number of hydrogen-bond acceptors (Lipinski definition) is 4. The van der Waals surface area contributed by atoms with Crippen LogP contribution in [0.3, 0.4) is 0 Å². The molecule has 0 spiro atoms. The third-order valence-corrected chi connectivity index (χ3v) is 2.38. The number of anilines is 1. The summed E-state index contributed by atoms with van der Waals surface area (Å²) in [5.74, 6) is -0.122. The van der Waals surface area contributed by atoms with Gasteiger partial charge in [-0.15, -0.1) is 0 Å². The smallest absolute Gasteiger partial charge is 0.371 e. The predicted octanol–water partition coefficient (Wildman–Crippen LogP) is 2.50. The molecule has 0 saturated carbocycles. The third kappa shape index (κ3) is 4.03. The summed E-state index contributed by atoms with van der Waals surface area (Å²) in [6.45, 7) is 1.44. The number of thioether (sulfide) groups is 1. The first kappa shape index (κ1) is 11.6. The van der Waals surface area contributed by atoms with Gasteiger partial charge in [-0.1, -0.05) is 0 Å². The number of benzene rings is 1. The first-order valence-electron chi connectivity index (χ1n) is 4.25. The maximum absolute atomic E-state index is 10.9. The molecule has 1 N–H and O–H groups in total. The SMILES string of the molecule is COC(=O)Sc1ccc(NC(C)=O)cc1. The minimum Gasteiger partial charge on any atom is -0.461 e. The van der Waals surface area contributed by atoms with E-state index in [1.54, 1.807) is 24.3 Å². The molecule has 15 heavy (non-hydrogen) atoms. The molecule has 0 aromatic heterocycles. The van der Waals surface area contributed by atoms with Crippen molar-refractivity contribution in [1.82, 2.24) is 0 Å². The average Bonchev–Trinajstić information content (AvgIpc) is 2.20.